The largest absolute Gasteiger partial charge is 0.480 e. The fraction of sp³-hybridized carbons (Fsp3) is 0.882. The first-order valence-corrected chi connectivity index (χ1v) is 9.26. The number of rotatable bonds is 22. The second kappa shape index (κ2) is 22.0. The number of amides is 1. The summed E-state index contributed by atoms with van der Waals surface area (Å²) >= 11 is 0. The summed E-state index contributed by atoms with van der Waals surface area (Å²) in [6.45, 7) is 5.31. The van der Waals surface area contributed by atoms with Gasteiger partial charge in [0, 0.05) is 13.1 Å². The fourth-order valence-corrected chi connectivity index (χ4v) is 1.70. The number of aliphatic carboxylic acids is 1. The molecule has 0 atom stereocenters. The Balaban J connectivity index is 3.10. The molecule has 0 aliphatic heterocycles. The molecular weight excluding hydrogens is 376 g/mol. The van der Waals surface area contributed by atoms with E-state index in [-0.39, 0.29) is 12.5 Å². The van der Waals surface area contributed by atoms with Gasteiger partial charge < -0.3 is 44.2 Å². The summed E-state index contributed by atoms with van der Waals surface area (Å²) in [6, 6.07) is 0. The third-order valence-electron chi connectivity index (χ3n) is 3.01. The maximum absolute atomic E-state index is 11.3. The monoisotopic (exact) mass is 410 g/mol. The van der Waals surface area contributed by atoms with E-state index in [9.17, 15) is 9.59 Å². The van der Waals surface area contributed by atoms with Crippen LogP contribution in [0.25, 0.3) is 0 Å². The minimum Gasteiger partial charge on any atom is -0.480 e. The van der Waals surface area contributed by atoms with E-state index in [0.29, 0.717) is 72.6 Å². The molecule has 0 saturated carbocycles. The molecule has 0 aromatic heterocycles. The Bertz CT molecular complexity index is 373. The maximum atomic E-state index is 11.3. The van der Waals surface area contributed by atoms with Crippen LogP contribution in [0.4, 0.5) is 0 Å². The Hall–Kier alpha value is -1.34. The molecule has 0 aromatic carbocycles. The number of carbonyl (C=O) groups is 2. The molecule has 0 unspecified atom stereocenters. The number of likely N-dealkylation sites (N-methyl/N-ethyl adjacent to an activating group) is 1. The summed E-state index contributed by atoms with van der Waals surface area (Å²) in [5.74, 6) is -1.50. The fourth-order valence-electron chi connectivity index (χ4n) is 1.70. The number of carboxylic acids is 1. The highest BCUT2D eigenvalue weighted by Gasteiger charge is 2.02. The van der Waals surface area contributed by atoms with Gasteiger partial charge in [-0.15, -0.1) is 0 Å². The van der Waals surface area contributed by atoms with Gasteiger partial charge in [0.15, 0.2) is 0 Å². The number of nitrogens with one attached hydrogen (secondary N) is 2. The van der Waals surface area contributed by atoms with E-state index >= 15 is 0 Å². The van der Waals surface area contributed by atoms with Crippen LogP contribution in [0.1, 0.15) is 0 Å². The number of carbonyl (C=O) groups excluding carboxylic acids is 1. The summed E-state index contributed by atoms with van der Waals surface area (Å²) in [5.41, 5.74) is 0. The van der Waals surface area contributed by atoms with Crippen molar-refractivity contribution in [3.63, 3.8) is 0 Å². The molecular formula is C17H34N2O9. The van der Waals surface area contributed by atoms with E-state index in [1.807, 2.05) is 7.05 Å². The minimum absolute atomic E-state index is 0.287. The molecule has 0 aromatic rings. The van der Waals surface area contributed by atoms with Crippen LogP contribution in [0.15, 0.2) is 0 Å². The van der Waals surface area contributed by atoms with Crippen LogP contribution in [0, 0.1) is 0 Å². The molecule has 0 aliphatic carbocycles. The van der Waals surface area contributed by atoms with Crippen LogP contribution >= 0.6 is 0 Å². The molecule has 0 fully saturated rings. The van der Waals surface area contributed by atoms with Crippen molar-refractivity contribution in [1.82, 2.24) is 10.6 Å². The second-order valence-corrected chi connectivity index (χ2v) is 5.40. The van der Waals surface area contributed by atoms with Crippen LogP contribution in [-0.2, 0) is 38.0 Å². The smallest absolute Gasteiger partial charge is 0.329 e. The van der Waals surface area contributed by atoms with E-state index in [2.05, 4.69) is 15.4 Å². The summed E-state index contributed by atoms with van der Waals surface area (Å²) in [5, 5.41) is 13.9. The van der Waals surface area contributed by atoms with Crippen LogP contribution in [0.2, 0.25) is 0 Å². The highest BCUT2D eigenvalue weighted by Crippen LogP contribution is 1.84. The van der Waals surface area contributed by atoms with Crippen molar-refractivity contribution in [2.24, 2.45) is 0 Å². The topological polar surface area (TPSA) is 134 Å². The Morgan fingerprint density at radius 1 is 0.643 bits per heavy atom. The van der Waals surface area contributed by atoms with E-state index < -0.39 is 12.6 Å². The number of hydrogen-bond acceptors (Lipinski definition) is 9. The molecule has 0 radical (unpaired) electrons. The van der Waals surface area contributed by atoms with Crippen molar-refractivity contribution in [3.05, 3.63) is 0 Å². The third-order valence-corrected chi connectivity index (χ3v) is 3.01. The maximum Gasteiger partial charge on any atom is 0.329 e. The Morgan fingerprint density at radius 3 is 1.50 bits per heavy atom. The molecule has 11 nitrogen and oxygen atoms in total. The van der Waals surface area contributed by atoms with E-state index in [4.69, 9.17) is 28.8 Å². The van der Waals surface area contributed by atoms with Gasteiger partial charge in [0.2, 0.25) is 5.91 Å². The quantitative estimate of drug-likeness (QED) is 0.181. The van der Waals surface area contributed by atoms with Gasteiger partial charge in [-0.2, -0.15) is 0 Å². The van der Waals surface area contributed by atoms with Crippen LogP contribution in [0.5, 0.6) is 0 Å². The summed E-state index contributed by atoms with van der Waals surface area (Å²) in [7, 11) is 1.88. The van der Waals surface area contributed by atoms with Crippen molar-refractivity contribution in [2.75, 3.05) is 99.4 Å². The first-order valence-electron chi connectivity index (χ1n) is 9.26. The molecule has 166 valence electrons. The number of ether oxygens (including phenoxy) is 6. The van der Waals surface area contributed by atoms with E-state index in [1.54, 1.807) is 0 Å². The summed E-state index contributed by atoms with van der Waals surface area (Å²) in [4.78, 5) is 21.5. The number of carboxylic acid groups (broad SMARTS) is 1. The Labute approximate surface area is 165 Å². The predicted molar refractivity (Wildman–Crippen MR) is 99.5 cm³/mol. The highest BCUT2D eigenvalue weighted by molar-refractivity contribution is 5.77. The number of hydrogen-bond donors (Lipinski definition) is 3. The molecule has 0 rings (SSSR count). The standard InChI is InChI=1S/C17H34N2O9/c1-18-2-4-23-6-8-25-10-12-27-13-11-26-9-7-24-5-3-19-16(20)14-28-15-17(21)22/h18H,2-15H2,1H3,(H,19,20)(H,21,22). The minimum atomic E-state index is -1.11. The van der Waals surface area contributed by atoms with Crippen molar-refractivity contribution in [1.29, 1.82) is 0 Å². The molecule has 0 heterocycles. The van der Waals surface area contributed by atoms with Gasteiger partial charge in [0.05, 0.1) is 66.1 Å². The average Bonchev–Trinajstić information content (AvgIpc) is 2.66. The van der Waals surface area contributed by atoms with Crippen molar-refractivity contribution in [2.45, 2.75) is 0 Å². The normalized spacial score (nSPS) is 10.9. The first kappa shape index (κ1) is 26.7. The molecule has 0 spiro atoms. The Morgan fingerprint density at radius 2 is 1.07 bits per heavy atom. The lowest BCUT2D eigenvalue weighted by Gasteiger charge is -2.08. The molecule has 3 N–H and O–H groups in total. The predicted octanol–water partition coefficient (Wildman–Crippen LogP) is -1.49. The highest BCUT2D eigenvalue weighted by atomic mass is 16.6. The zero-order chi connectivity index (χ0) is 20.7. The Kier molecular flexibility index (Phi) is 20.9. The van der Waals surface area contributed by atoms with Gasteiger partial charge in [0.25, 0.3) is 0 Å². The van der Waals surface area contributed by atoms with Gasteiger partial charge >= 0.3 is 5.97 Å². The third kappa shape index (κ3) is 22.7. The van der Waals surface area contributed by atoms with Gasteiger partial charge in [-0.3, -0.25) is 4.79 Å². The van der Waals surface area contributed by atoms with Crippen molar-refractivity contribution < 1.29 is 43.1 Å². The SMILES string of the molecule is CNCCOCCOCCOCCOCCOCCNC(=O)COCC(=O)O. The van der Waals surface area contributed by atoms with Gasteiger partial charge in [-0.05, 0) is 7.05 Å². The molecule has 28 heavy (non-hydrogen) atoms. The van der Waals surface area contributed by atoms with E-state index in [0.717, 1.165) is 6.54 Å². The zero-order valence-corrected chi connectivity index (χ0v) is 16.6. The first-order chi connectivity index (χ1) is 13.7. The second-order valence-electron chi connectivity index (χ2n) is 5.40. The van der Waals surface area contributed by atoms with Crippen molar-refractivity contribution in [3.8, 4) is 0 Å². The van der Waals surface area contributed by atoms with Crippen molar-refractivity contribution >= 4 is 11.9 Å². The molecule has 11 heteroatoms. The van der Waals surface area contributed by atoms with Gasteiger partial charge in [0.1, 0.15) is 13.2 Å². The molecule has 0 aliphatic rings. The molecule has 0 bridgehead atoms. The molecule has 0 saturated heterocycles. The van der Waals surface area contributed by atoms with E-state index in [1.165, 1.54) is 0 Å². The zero-order valence-electron chi connectivity index (χ0n) is 16.6. The van der Waals surface area contributed by atoms with Gasteiger partial charge in [-0.1, -0.05) is 0 Å². The summed E-state index contributed by atoms with van der Waals surface area (Å²) < 4.78 is 31.3. The summed E-state index contributed by atoms with van der Waals surface area (Å²) in [6.07, 6.45) is 0. The molecule has 1 amide bonds. The van der Waals surface area contributed by atoms with Crippen LogP contribution < -0.4 is 10.6 Å². The lowest BCUT2D eigenvalue weighted by atomic mass is 10.6. The average molecular weight is 410 g/mol. The van der Waals surface area contributed by atoms with Crippen LogP contribution in [-0.4, -0.2) is 116 Å². The lowest BCUT2D eigenvalue weighted by Crippen LogP contribution is -2.31. The van der Waals surface area contributed by atoms with Crippen LogP contribution in [0.3, 0.4) is 0 Å². The lowest BCUT2D eigenvalue weighted by molar-refractivity contribution is -0.143. The van der Waals surface area contributed by atoms with Gasteiger partial charge in [-0.25, -0.2) is 4.79 Å².